The van der Waals surface area contributed by atoms with Crippen LogP contribution >= 0.6 is 21.7 Å². The zero-order valence-electron chi connectivity index (χ0n) is 9.26. The maximum absolute atomic E-state index is 12.2. The van der Waals surface area contributed by atoms with Gasteiger partial charge in [0.15, 0.2) is 0 Å². The van der Waals surface area contributed by atoms with Crippen molar-refractivity contribution < 1.29 is 25.8 Å². The lowest BCUT2D eigenvalue weighted by molar-refractivity contribution is -0.0501. The second-order valence-electron chi connectivity index (χ2n) is 3.42. The molecule has 1 aromatic carbocycles. The zero-order valence-corrected chi connectivity index (χ0v) is 11.6. The van der Waals surface area contributed by atoms with Crippen molar-refractivity contribution in [1.82, 2.24) is 9.97 Å². The van der Waals surface area contributed by atoms with Gasteiger partial charge >= 0.3 is 15.6 Å². The van der Waals surface area contributed by atoms with E-state index in [1.165, 1.54) is 12.1 Å². The Balaban J connectivity index is 2.42. The second kappa shape index (κ2) is 5.26. The Bertz CT molecular complexity index is 752. The van der Waals surface area contributed by atoms with E-state index in [-0.39, 0.29) is 5.52 Å². The summed E-state index contributed by atoms with van der Waals surface area (Å²) in [5.41, 5.74) is -5.01. The van der Waals surface area contributed by atoms with Crippen LogP contribution in [0.5, 0.6) is 5.88 Å². The number of nitrogens with zero attached hydrogens (tertiary/aromatic N) is 2. The molecule has 0 saturated heterocycles. The largest absolute Gasteiger partial charge is 0.534 e. The third kappa shape index (κ3) is 3.07. The number of hydrogen-bond donors (Lipinski definition) is 0. The number of aromatic nitrogens is 2. The molecule has 0 unspecified atom stereocenters. The lowest BCUT2D eigenvalue weighted by atomic mass is 10.3. The second-order valence-corrected chi connectivity index (χ2v) is 6.05. The summed E-state index contributed by atoms with van der Waals surface area (Å²) >= 11 is 0. The van der Waals surface area contributed by atoms with Crippen molar-refractivity contribution in [3.8, 4) is 5.88 Å². The number of benzene rings is 1. The first kappa shape index (κ1) is 15.1. The highest BCUT2D eigenvalue weighted by Gasteiger charge is 2.48. The van der Waals surface area contributed by atoms with Crippen molar-refractivity contribution in [3.63, 3.8) is 0 Å². The minimum atomic E-state index is -5.77. The van der Waals surface area contributed by atoms with Crippen LogP contribution in [0.4, 0.5) is 13.2 Å². The number of hydrogen-bond acceptors (Lipinski definition) is 6. The quantitative estimate of drug-likeness (QED) is 0.629. The van der Waals surface area contributed by atoms with Crippen LogP contribution in [0.2, 0.25) is 0 Å². The summed E-state index contributed by atoms with van der Waals surface area (Å²) in [4.78, 5) is 7.97. The molecular formula is C9H4ClF3N2O3S2. The van der Waals surface area contributed by atoms with Gasteiger partial charge in [-0.3, -0.25) is 0 Å². The topological polar surface area (TPSA) is 69.2 Å². The molecule has 1 heterocycles. The fraction of sp³-hybridized carbons (Fsp3) is 0.111. The van der Waals surface area contributed by atoms with Gasteiger partial charge in [0.05, 0.1) is 17.2 Å². The summed E-state index contributed by atoms with van der Waals surface area (Å²) in [6.07, 6.45) is 0.791. The molecule has 0 amide bonds. The molecular weight excluding hydrogens is 341 g/mol. The number of fused-ring (bicyclic) bond motifs is 1. The van der Waals surface area contributed by atoms with E-state index in [9.17, 15) is 21.6 Å². The Labute approximate surface area is 119 Å². The zero-order chi connectivity index (χ0) is 15.0. The van der Waals surface area contributed by atoms with Crippen LogP contribution in [0, 0.1) is 0 Å². The predicted molar refractivity (Wildman–Crippen MR) is 66.9 cm³/mol. The van der Waals surface area contributed by atoms with Crippen molar-refractivity contribution >= 4 is 42.8 Å². The molecule has 2 aromatic rings. The van der Waals surface area contributed by atoms with E-state index in [1.807, 2.05) is 0 Å². The van der Waals surface area contributed by atoms with E-state index in [2.05, 4.69) is 14.2 Å². The smallest absolute Gasteiger partial charge is 0.354 e. The highest BCUT2D eigenvalue weighted by molar-refractivity contribution is 8.21. The van der Waals surface area contributed by atoms with Gasteiger partial charge in [-0.05, 0) is 39.9 Å². The van der Waals surface area contributed by atoms with Gasteiger partial charge in [0.25, 0.3) is 5.88 Å². The summed E-state index contributed by atoms with van der Waals surface area (Å²) in [6, 6.07) is 4.60. The van der Waals surface area contributed by atoms with Crippen molar-refractivity contribution in [2.45, 2.75) is 10.4 Å². The van der Waals surface area contributed by atoms with Crippen LogP contribution in [0.15, 0.2) is 29.3 Å². The summed E-state index contributed by atoms with van der Waals surface area (Å²) in [5, 5.41) is 0. The summed E-state index contributed by atoms with van der Waals surface area (Å²) in [7, 11) is 0.629. The van der Waals surface area contributed by atoms with Gasteiger partial charge in [-0.25, -0.2) is 9.97 Å². The van der Waals surface area contributed by atoms with Gasteiger partial charge in [-0.2, -0.15) is 21.6 Å². The van der Waals surface area contributed by atoms with Gasteiger partial charge in [0.2, 0.25) is 0 Å². The van der Waals surface area contributed by atoms with Crippen LogP contribution in [0.25, 0.3) is 11.0 Å². The van der Waals surface area contributed by atoms with Gasteiger partial charge in [0, 0.05) is 4.90 Å². The highest BCUT2D eigenvalue weighted by atomic mass is 35.7. The minimum absolute atomic E-state index is 0.158. The van der Waals surface area contributed by atoms with Gasteiger partial charge < -0.3 is 4.18 Å². The minimum Gasteiger partial charge on any atom is -0.354 e. The molecule has 1 aromatic heterocycles. The molecule has 0 bridgehead atoms. The third-order valence-electron chi connectivity index (χ3n) is 2.06. The van der Waals surface area contributed by atoms with E-state index >= 15 is 0 Å². The molecule has 0 N–H and O–H groups in total. The molecule has 0 atom stereocenters. The van der Waals surface area contributed by atoms with Gasteiger partial charge in [-0.15, -0.1) is 0 Å². The lowest BCUT2D eigenvalue weighted by Gasteiger charge is -2.08. The Morgan fingerprint density at radius 2 is 1.95 bits per heavy atom. The Morgan fingerprint density at radius 1 is 1.25 bits per heavy atom. The van der Waals surface area contributed by atoms with Crippen LogP contribution in [-0.4, -0.2) is 23.9 Å². The standard InChI is InChI=1S/C9H4ClF3N2O3S2/c10-19-5-1-2-6-7(3-5)15-8(4-14-6)18-20(16,17)9(11,12)13/h1-4H. The van der Waals surface area contributed by atoms with Crippen molar-refractivity contribution in [3.05, 3.63) is 24.4 Å². The molecule has 5 nitrogen and oxygen atoms in total. The van der Waals surface area contributed by atoms with E-state index in [4.69, 9.17) is 10.7 Å². The average molecular weight is 345 g/mol. The first-order valence-electron chi connectivity index (χ1n) is 4.79. The molecule has 20 heavy (non-hydrogen) atoms. The van der Waals surface area contributed by atoms with E-state index in [0.29, 0.717) is 10.4 Å². The predicted octanol–water partition coefficient (Wildman–Crippen LogP) is 3.10. The monoisotopic (exact) mass is 344 g/mol. The van der Waals surface area contributed by atoms with E-state index in [1.54, 1.807) is 6.07 Å². The molecule has 0 spiro atoms. The fourth-order valence-electron chi connectivity index (χ4n) is 1.22. The summed E-state index contributed by atoms with van der Waals surface area (Å²) in [5.74, 6) is -0.772. The molecule has 108 valence electrons. The molecule has 0 aliphatic heterocycles. The first-order chi connectivity index (χ1) is 9.23. The van der Waals surface area contributed by atoms with Crippen LogP contribution in [0.1, 0.15) is 0 Å². The molecule has 0 radical (unpaired) electrons. The summed E-state index contributed by atoms with van der Waals surface area (Å²) < 4.78 is 62.1. The Morgan fingerprint density at radius 3 is 2.55 bits per heavy atom. The fourth-order valence-corrected chi connectivity index (χ4v) is 2.19. The van der Waals surface area contributed by atoms with Crippen LogP contribution < -0.4 is 4.18 Å². The van der Waals surface area contributed by atoms with Gasteiger partial charge in [-0.1, -0.05) is 0 Å². The van der Waals surface area contributed by atoms with Crippen molar-refractivity contribution in [2.75, 3.05) is 0 Å². The van der Waals surface area contributed by atoms with E-state index in [0.717, 1.165) is 17.2 Å². The summed E-state index contributed by atoms with van der Waals surface area (Å²) in [6.45, 7) is 0. The molecule has 0 saturated carbocycles. The first-order valence-corrected chi connectivity index (χ1v) is 7.84. The lowest BCUT2D eigenvalue weighted by Crippen LogP contribution is -2.28. The molecule has 0 aliphatic rings. The van der Waals surface area contributed by atoms with Crippen LogP contribution in [0.3, 0.4) is 0 Å². The normalized spacial score (nSPS) is 12.6. The highest BCUT2D eigenvalue weighted by Crippen LogP contribution is 2.28. The maximum Gasteiger partial charge on any atom is 0.534 e. The van der Waals surface area contributed by atoms with Crippen molar-refractivity contribution in [2.24, 2.45) is 0 Å². The SMILES string of the molecule is O=S(=O)(Oc1cnc2ccc(SCl)cc2n1)C(F)(F)F. The number of alkyl halides is 3. The number of rotatable bonds is 3. The van der Waals surface area contributed by atoms with Crippen molar-refractivity contribution in [1.29, 1.82) is 0 Å². The van der Waals surface area contributed by atoms with Crippen LogP contribution in [-0.2, 0) is 10.1 Å². The Kier molecular flexibility index (Phi) is 3.98. The van der Waals surface area contributed by atoms with Gasteiger partial charge in [0.1, 0.15) is 0 Å². The molecule has 11 heteroatoms. The van der Waals surface area contributed by atoms with E-state index < -0.39 is 21.5 Å². The number of halogens is 4. The molecule has 0 fully saturated rings. The average Bonchev–Trinajstić information content (AvgIpc) is 2.36. The third-order valence-corrected chi connectivity index (χ3v) is 3.98. The maximum atomic E-state index is 12.2. The molecule has 0 aliphatic carbocycles. The Hall–Kier alpha value is -1.26. The molecule has 2 rings (SSSR count).